The summed E-state index contributed by atoms with van der Waals surface area (Å²) >= 11 is 0. The van der Waals surface area contributed by atoms with Gasteiger partial charge in [0.2, 0.25) is 0 Å². The molecular formula is C4H30Na22O12. The molecule has 0 aliphatic carbocycles. The maximum atomic E-state index is 8.56. The molecule has 0 unspecified atom stereocenters. The Hall–Kier alpha value is 19.1. The first kappa shape index (κ1) is 186. The van der Waals surface area contributed by atoms with Crippen LogP contribution in [0.4, 0.5) is 19.2 Å². The summed E-state index contributed by atoms with van der Waals surface area (Å²) in [4.78, 5) is 34.2. The molecule has 34 heteroatoms. The third-order valence-electron chi connectivity index (χ3n) is 0. The second-order valence-electron chi connectivity index (χ2n) is 1.13. The van der Waals surface area contributed by atoms with Crippen LogP contribution in [0.3, 0.4) is 0 Å². The Morgan fingerprint density at radius 3 is 0.211 bits per heavy atom. The predicted octanol–water partition coefficient (Wildman–Crippen LogP) is -62.5. The van der Waals surface area contributed by atoms with Crippen molar-refractivity contribution in [1.82, 2.24) is 0 Å². The Labute approximate surface area is 744 Å². The van der Waals surface area contributed by atoms with Crippen LogP contribution in [-0.2, 0) is 0 Å². The van der Waals surface area contributed by atoms with Gasteiger partial charge in [-0.05, 0) is 0 Å². The molecule has 0 saturated carbocycles. The van der Waals surface area contributed by atoms with E-state index in [2.05, 4.69) is 0 Å². The fourth-order valence-electron chi connectivity index (χ4n) is 0. The average Bonchev–Trinajstić information content (AvgIpc) is 1.76. The van der Waals surface area contributed by atoms with Crippen molar-refractivity contribution in [2.24, 2.45) is 0 Å². The van der Waals surface area contributed by atoms with E-state index in [4.69, 9.17) is 60.0 Å². The molecule has 0 atom stereocenters. The van der Waals surface area contributed by atoms with Gasteiger partial charge in [-0.1, -0.05) is 0 Å². The Morgan fingerprint density at radius 2 is 0.211 bits per heavy atom. The first-order chi connectivity index (χ1) is 6.93. The maximum absolute atomic E-state index is 8.56. The first-order valence-corrected chi connectivity index (χ1v) is 2.61. The Morgan fingerprint density at radius 1 is 0.211 bits per heavy atom. The third-order valence-corrected chi connectivity index (χ3v) is 0. The van der Waals surface area contributed by atoms with Gasteiger partial charge < -0.3 is 72.2 Å². The summed E-state index contributed by atoms with van der Waals surface area (Å²) in [7, 11) is 0. The molecule has 0 fully saturated rings. The van der Waals surface area contributed by atoms with Crippen molar-refractivity contribution in [1.29, 1.82) is 0 Å². The van der Waals surface area contributed by atoms with Gasteiger partial charge in [-0.3, -0.25) is 0 Å². The van der Waals surface area contributed by atoms with Gasteiger partial charge >= 0.3 is 675 Å². The molecule has 0 aromatic carbocycles. The minimum absolute atomic E-state index is 0. The van der Waals surface area contributed by atoms with E-state index >= 15 is 0 Å². The zero-order valence-electron chi connectivity index (χ0n) is 51.2. The molecule has 0 amide bonds. The molecule has 0 spiro atoms. The second kappa shape index (κ2) is 176. The van der Waals surface area contributed by atoms with Crippen molar-refractivity contribution in [2.45, 2.75) is 0 Å². The number of carboxylic acid groups (broad SMARTS) is 8. The van der Waals surface area contributed by atoms with Crippen LogP contribution in [0.2, 0.25) is 0 Å². The molecule has 0 rings (SSSR count). The minimum atomic E-state index is -1.83. The van der Waals surface area contributed by atoms with Crippen molar-refractivity contribution in [3.63, 3.8) is 0 Å². The van der Waals surface area contributed by atoms with E-state index in [9.17, 15) is 0 Å². The van der Waals surface area contributed by atoms with E-state index < -0.39 is 24.6 Å². The van der Waals surface area contributed by atoms with E-state index in [1.807, 2.05) is 0 Å². The fraction of sp³-hybridized carbons (Fsp3) is 0. The van der Waals surface area contributed by atoms with Gasteiger partial charge in [0.05, 0.1) is 0 Å². The number of hydrogen-bond donors (Lipinski definition) is 8. The van der Waals surface area contributed by atoms with Gasteiger partial charge in [0.25, 0.3) is 0 Å². The Balaban J connectivity index is -0.000000000559. The van der Waals surface area contributed by atoms with E-state index in [0.29, 0.717) is 0 Å². The van der Waals surface area contributed by atoms with Crippen molar-refractivity contribution >= 4 is 24.6 Å². The van der Waals surface area contributed by atoms with Crippen LogP contribution in [0.25, 0.3) is 0 Å². The average molecular weight is 776 g/mol. The Bertz CT molecular complexity index is 247. The fourth-order valence-corrected chi connectivity index (χ4v) is 0. The van der Waals surface area contributed by atoms with Crippen LogP contribution < -0.4 is 650 Å². The first-order valence-electron chi connectivity index (χ1n) is 2.61. The van der Waals surface area contributed by atoms with Crippen molar-refractivity contribution < 1.29 is 742 Å². The largest absolute Gasteiger partial charge is 1.00 e. The second-order valence-corrected chi connectivity index (χ2v) is 1.13. The molecule has 0 aliphatic heterocycles. The van der Waals surface area contributed by atoms with Gasteiger partial charge in [0.15, 0.2) is 0 Å². The summed E-state index contributed by atoms with van der Waals surface area (Å²) in [6.45, 7) is 0. The standard InChI is InChI=1S/4CH2O3.22Na.22H/c4*2-1(3)4;;;;;;;;;;;;;;;;;;;;;;;;;;;;;;;;;;;;;;;;;;;;/h4*(H2,2,3,4);;;;;;;;;;;;;;;;;;;;;;;;;;;;;;;;;;;;;;;;;;;;/q;;;;22*+1;22*-1. The maximum Gasteiger partial charge on any atom is 1.00 e. The van der Waals surface area contributed by atoms with Crippen LogP contribution in [-0.4, -0.2) is 65.5 Å². The molecule has 0 aliphatic rings. The molecule has 0 aromatic rings. The van der Waals surface area contributed by atoms with Gasteiger partial charge in [-0.2, -0.15) is 0 Å². The monoisotopic (exact) mass is 776 g/mol. The van der Waals surface area contributed by atoms with E-state index in [0.717, 1.165) is 0 Å². The molecule has 140 valence electrons. The molecular weight excluding hydrogens is 746 g/mol. The van der Waals surface area contributed by atoms with E-state index in [-0.39, 0.29) is 682 Å². The summed E-state index contributed by atoms with van der Waals surface area (Å²) in [5, 5.41) is 55.8. The molecule has 0 heterocycles. The van der Waals surface area contributed by atoms with Crippen LogP contribution >= 0.6 is 0 Å². The number of rotatable bonds is 0. The van der Waals surface area contributed by atoms with Crippen LogP contribution in [0.15, 0.2) is 0 Å². The molecule has 8 N–H and O–H groups in total. The summed E-state index contributed by atoms with van der Waals surface area (Å²) in [6.07, 6.45) is -7.33. The third kappa shape index (κ3) is 442. The number of hydrogen-bond acceptors (Lipinski definition) is 4. The van der Waals surface area contributed by atoms with Crippen LogP contribution in [0, 0.1) is 0 Å². The van der Waals surface area contributed by atoms with Crippen molar-refractivity contribution in [3.8, 4) is 0 Å². The molecule has 12 nitrogen and oxygen atoms in total. The predicted molar refractivity (Wildman–Crippen MR) is 67.1 cm³/mol. The molecule has 0 saturated heterocycles. The minimum Gasteiger partial charge on any atom is -1.00 e. The van der Waals surface area contributed by atoms with Gasteiger partial charge in [0, 0.05) is 0 Å². The summed E-state index contributed by atoms with van der Waals surface area (Å²) in [5.41, 5.74) is 0. The zero-order valence-corrected chi connectivity index (χ0v) is 73.2. The topological polar surface area (TPSA) is 230 Å². The van der Waals surface area contributed by atoms with Crippen LogP contribution in [0.5, 0.6) is 0 Å². The summed E-state index contributed by atoms with van der Waals surface area (Å²) in [6, 6.07) is 0. The zero-order chi connectivity index (χ0) is 14.3. The summed E-state index contributed by atoms with van der Waals surface area (Å²) in [5.74, 6) is 0. The SMILES string of the molecule is O=C(O)O.O=C(O)O.O=C(O)O.O=C(O)O.[H-].[H-].[H-].[H-].[H-].[H-].[H-].[H-].[H-].[H-].[H-].[H-].[H-].[H-].[H-].[H-].[H-].[H-].[H-].[H-].[H-].[H-].[Na+].[Na+].[Na+].[Na+].[Na+].[Na+].[Na+].[Na+].[Na+].[Na+].[Na+].[Na+].[Na+].[Na+].[Na+].[Na+].[Na+].[Na+].[Na+].[Na+].[Na+].[Na+]. The van der Waals surface area contributed by atoms with Gasteiger partial charge in [-0.15, -0.1) is 0 Å². The molecule has 0 radical (unpaired) electrons. The van der Waals surface area contributed by atoms with Gasteiger partial charge in [0.1, 0.15) is 0 Å². The molecule has 38 heavy (non-hydrogen) atoms. The number of carbonyl (C=O) groups is 4. The normalized spacial score (nSPS) is 2.53. The van der Waals surface area contributed by atoms with E-state index in [1.54, 1.807) is 0 Å². The van der Waals surface area contributed by atoms with Crippen LogP contribution in [0.1, 0.15) is 31.4 Å². The van der Waals surface area contributed by atoms with Gasteiger partial charge in [-0.25, -0.2) is 19.2 Å². The molecule has 0 aromatic heterocycles. The van der Waals surface area contributed by atoms with Crippen molar-refractivity contribution in [2.75, 3.05) is 0 Å². The summed E-state index contributed by atoms with van der Waals surface area (Å²) < 4.78 is 0. The molecule has 0 bridgehead atoms. The van der Waals surface area contributed by atoms with Crippen molar-refractivity contribution in [3.05, 3.63) is 0 Å². The Kier molecular flexibility index (Phi) is 861. The van der Waals surface area contributed by atoms with E-state index in [1.165, 1.54) is 0 Å². The quantitative estimate of drug-likeness (QED) is 0.107. The smallest absolute Gasteiger partial charge is 1.00 e.